The fraction of sp³-hybridized carbons (Fsp3) is 0.500. The van der Waals surface area contributed by atoms with E-state index in [-0.39, 0.29) is 36.2 Å². The monoisotopic (exact) mass is 549 g/mol. The second-order valence-electron chi connectivity index (χ2n) is 9.50. The molecular weight excluding hydrogens is 514 g/mol. The molecule has 1 heterocycles. The number of carbonyl (C=O) groups is 1. The van der Waals surface area contributed by atoms with Crippen LogP contribution < -0.4 is 10.1 Å². The van der Waals surface area contributed by atoms with Gasteiger partial charge in [0.2, 0.25) is 12.6 Å². The summed E-state index contributed by atoms with van der Waals surface area (Å²) in [5.41, 5.74) is 5.97. The summed E-state index contributed by atoms with van der Waals surface area (Å²) in [6.07, 6.45) is -0.351. The van der Waals surface area contributed by atoms with Crippen molar-refractivity contribution < 1.29 is 37.6 Å². The van der Waals surface area contributed by atoms with Crippen LogP contribution in [0.15, 0.2) is 58.2 Å². The highest BCUT2D eigenvalue weighted by molar-refractivity contribution is 7.93. The van der Waals surface area contributed by atoms with Crippen molar-refractivity contribution in [3.63, 3.8) is 0 Å². The molecule has 0 aromatic heterocycles. The Kier molecular flexibility index (Phi) is 10.0. The Morgan fingerprint density at radius 1 is 1.18 bits per heavy atom. The Bertz CT molecular complexity index is 1230. The highest BCUT2D eigenvalue weighted by Crippen LogP contribution is 2.28. The molecule has 1 aliphatic heterocycles. The number of aliphatic hydroxyl groups is 1. The van der Waals surface area contributed by atoms with E-state index in [4.69, 9.17) is 14.2 Å². The first-order chi connectivity index (χ1) is 18.0. The smallest absolute Gasteiger partial charge is 0.404 e. The van der Waals surface area contributed by atoms with Crippen LogP contribution in [0.25, 0.3) is 0 Å². The first-order valence-corrected chi connectivity index (χ1v) is 13.7. The van der Waals surface area contributed by atoms with Crippen molar-refractivity contribution in [2.24, 2.45) is 0 Å². The fourth-order valence-electron chi connectivity index (χ4n) is 3.92. The zero-order valence-corrected chi connectivity index (χ0v) is 22.8. The lowest BCUT2D eigenvalue weighted by Crippen LogP contribution is -2.51. The molecule has 1 fully saturated rings. The standard InChI is InChI=1S/C26H35N3O8S/c1-18(2)29(38(33,34)21-10-11-24-25(15-21)37-17-36-24)16-23(30)22(27-26(31)32)14-19-6-8-20(9-7-19)35-13-5-12-28(3)4/h6-9,15,18,22-23,27,30H,5,12-14,16-17H2,1-4H3,(H,31,32)/t22-,23+/m0/s1. The third-order valence-electron chi connectivity index (χ3n) is 5.90. The van der Waals surface area contributed by atoms with Crippen LogP contribution in [0.1, 0.15) is 25.8 Å². The van der Waals surface area contributed by atoms with E-state index in [1.54, 1.807) is 38.1 Å². The lowest BCUT2D eigenvalue weighted by Gasteiger charge is -2.31. The van der Waals surface area contributed by atoms with E-state index >= 15 is 0 Å². The number of hydrogen-bond acceptors (Lipinski definition) is 8. The van der Waals surface area contributed by atoms with Gasteiger partial charge >= 0.3 is 6.09 Å². The number of benzene rings is 1. The van der Waals surface area contributed by atoms with Gasteiger partial charge in [-0.2, -0.15) is 4.31 Å². The molecule has 11 nitrogen and oxygen atoms in total. The molecule has 1 aromatic rings. The summed E-state index contributed by atoms with van der Waals surface area (Å²) < 4.78 is 44.1. The Balaban J connectivity index is 1.71. The zero-order chi connectivity index (χ0) is 27.9. The second-order valence-corrected chi connectivity index (χ2v) is 11.4. The molecule has 2 atom stereocenters. The third-order valence-corrected chi connectivity index (χ3v) is 7.87. The van der Waals surface area contributed by atoms with E-state index in [1.807, 2.05) is 14.1 Å². The number of nitrogens with one attached hydrogen (secondary N) is 1. The molecule has 38 heavy (non-hydrogen) atoms. The number of amides is 1. The van der Waals surface area contributed by atoms with Crippen LogP contribution in [-0.4, -0.2) is 92.7 Å². The minimum Gasteiger partial charge on any atom is -0.494 e. The number of hydrogen-bond donors (Lipinski definition) is 3. The van der Waals surface area contributed by atoms with Crippen LogP contribution >= 0.6 is 0 Å². The molecule has 12 heteroatoms. The van der Waals surface area contributed by atoms with Crippen molar-refractivity contribution in [1.82, 2.24) is 14.5 Å². The number of rotatable bonds is 14. The number of carboxylic acid groups (broad SMARTS) is 1. The molecular formula is C26H35N3O8S. The second kappa shape index (κ2) is 13.0. The van der Waals surface area contributed by atoms with E-state index in [2.05, 4.69) is 21.7 Å². The molecule has 1 aliphatic carbocycles. The predicted molar refractivity (Wildman–Crippen MR) is 140 cm³/mol. The molecule has 0 saturated carbocycles. The van der Waals surface area contributed by atoms with Crippen molar-refractivity contribution >= 4 is 16.1 Å². The molecule has 0 spiro atoms. The maximum atomic E-state index is 13.4. The van der Waals surface area contributed by atoms with Gasteiger partial charge < -0.3 is 34.6 Å². The molecule has 0 unspecified atom stereocenters. The number of aliphatic hydroxyl groups excluding tert-OH is 1. The normalized spacial score (nSPS) is 16.3. The molecule has 3 N–H and O–H groups in total. The predicted octanol–water partition coefficient (Wildman–Crippen LogP) is 2.02. The Labute approximate surface area is 223 Å². The van der Waals surface area contributed by atoms with E-state index in [0.29, 0.717) is 12.4 Å². The molecule has 3 rings (SSSR count). The van der Waals surface area contributed by atoms with E-state index in [0.717, 1.165) is 22.8 Å². The maximum absolute atomic E-state index is 13.4. The van der Waals surface area contributed by atoms with Gasteiger partial charge in [-0.3, -0.25) is 0 Å². The topological polar surface area (TPSA) is 138 Å². The first kappa shape index (κ1) is 29.3. The maximum Gasteiger partial charge on any atom is 0.404 e. The van der Waals surface area contributed by atoms with Gasteiger partial charge in [0.1, 0.15) is 10.7 Å². The molecule has 0 radical (unpaired) electrons. The Morgan fingerprint density at radius 3 is 2.53 bits per heavy atom. The summed E-state index contributed by atoms with van der Waals surface area (Å²) >= 11 is 0. The fourth-order valence-corrected chi connectivity index (χ4v) is 5.51. The SMILES string of the molecule is CC(C)N(C[C@@H](O)[C@H](Cc1ccc(OCCCN(C)C)cc1)NC(=O)O)S(=O)(=O)C1=C=C=C2OCOC2=C1. The number of sulfonamides is 1. The average Bonchev–Trinajstić information content (AvgIpc) is 3.33. The van der Waals surface area contributed by atoms with Crippen LogP contribution in [0, 0.1) is 0 Å². The van der Waals surface area contributed by atoms with Crippen molar-refractivity contribution in [1.29, 1.82) is 0 Å². The molecule has 1 aromatic carbocycles. The molecule has 1 saturated heterocycles. The van der Waals surface area contributed by atoms with Gasteiger partial charge in [-0.25, -0.2) is 13.2 Å². The molecule has 208 valence electrons. The zero-order valence-electron chi connectivity index (χ0n) is 22.0. The summed E-state index contributed by atoms with van der Waals surface area (Å²) in [5.74, 6) is 1.20. The van der Waals surface area contributed by atoms with Crippen LogP contribution in [0.2, 0.25) is 0 Å². The molecule has 2 aliphatic rings. The summed E-state index contributed by atoms with van der Waals surface area (Å²) in [6, 6.07) is 5.64. The number of allylic oxidation sites excluding steroid dienone is 1. The van der Waals surface area contributed by atoms with Crippen molar-refractivity contribution in [2.75, 3.05) is 40.6 Å². The van der Waals surface area contributed by atoms with E-state index in [9.17, 15) is 23.4 Å². The Morgan fingerprint density at radius 2 is 1.89 bits per heavy atom. The number of ether oxygens (including phenoxy) is 3. The first-order valence-electron chi connectivity index (χ1n) is 12.3. The van der Waals surface area contributed by atoms with Crippen LogP contribution in [0.3, 0.4) is 0 Å². The highest BCUT2D eigenvalue weighted by Gasteiger charge is 2.35. The van der Waals surface area contributed by atoms with Gasteiger partial charge in [0.05, 0.1) is 18.8 Å². The lowest BCUT2D eigenvalue weighted by molar-refractivity contribution is 0.0948. The van der Waals surface area contributed by atoms with Gasteiger partial charge in [-0.15, -0.1) is 0 Å². The number of nitrogens with zero attached hydrogens (tertiary/aromatic N) is 2. The van der Waals surface area contributed by atoms with Gasteiger partial charge in [0, 0.05) is 25.2 Å². The van der Waals surface area contributed by atoms with E-state index in [1.165, 1.54) is 6.08 Å². The summed E-state index contributed by atoms with van der Waals surface area (Å²) in [7, 11) is -0.128. The lowest BCUT2D eigenvalue weighted by atomic mass is 10.0. The summed E-state index contributed by atoms with van der Waals surface area (Å²) in [6.45, 7) is 4.42. The highest BCUT2D eigenvalue weighted by atomic mass is 32.2. The van der Waals surface area contributed by atoms with Gasteiger partial charge in [-0.1, -0.05) is 12.1 Å². The average molecular weight is 550 g/mol. The minimum absolute atomic E-state index is 0.0398. The van der Waals surface area contributed by atoms with Crippen molar-refractivity contribution in [3.8, 4) is 5.75 Å². The van der Waals surface area contributed by atoms with Gasteiger partial charge in [0.25, 0.3) is 10.0 Å². The minimum atomic E-state index is -4.12. The summed E-state index contributed by atoms with van der Waals surface area (Å²) in [4.78, 5) is 13.4. The van der Waals surface area contributed by atoms with Crippen molar-refractivity contribution in [2.45, 2.75) is 44.9 Å². The number of fused-ring (bicyclic) bond motifs is 1. The van der Waals surface area contributed by atoms with Crippen LogP contribution in [0.5, 0.6) is 5.75 Å². The van der Waals surface area contributed by atoms with Crippen LogP contribution in [0.4, 0.5) is 4.79 Å². The Hall–Kier alpha value is -3.24. The van der Waals surface area contributed by atoms with E-state index < -0.39 is 34.3 Å². The largest absolute Gasteiger partial charge is 0.494 e. The quantitative estimate of drug-likeness (QED) is 0.235. The van der Waals surface area contributed by atoms with Gasteiger partial charge in [-0.05, 0) is 69.9 Å². The molecule has 0 bridgehead atoms. The van der Waals surface area contributed by atoms with Crippen LogP contribution in [-0.2, 0) is 25.9 Å². The van der Waals surface area contributed by atoms with Crippen molar-refractivity contribution in [3.05, 3.63) is 63.8 Å². The third kappa shape index (κ3) is 7.88. The van der Waals surface area contributed by atoms with Gasteiger partial charge in [0.15, 0.2) is 5.76 Å². The molecule has 1 amide bonds. The summed E-state index contributed by atoms with van der Waals surface area (Å²) in [5, 5.41) is 22.7.